The van der Waals surface area contributed by atoms with Crippen LogP contribution < -0.4 is 16.4 Å². The first-order valence-electron chi connectivity index (χ1n) is 6.62. The fourth-order valence-corrected chi connectivity index (χ4v) is 1.79. The molecule has 0 bridgehead atoms. The number of rotatable bonds is 4. The second kappa shape index (κ2) is 7.09. The van der Waals surface area contributed by atoms with E-state index in [2.05, 4.69) is 15.6 Å². The van der Waals surface area contributed by atoms with Crippen molar-refractivity contribution in [1.29, 1.82) is 0 Å². The Bertz CT molecular complexity index is 620. The van der Waals surface area contributed by atoms with Gasteiger partial charge in [-0.15, -0.1) is 0 Å². The Morgan fingerprint density at radius 3 is 2.38 bits per heavy atom. The molecule has 0 unspecified atom stereocenters. The molecule has 1 amide bonds. The molecule has 2 aromatic rings. The minimum atomic E-state index is -0.102. The van der Waals surface area contributed by atoms with E-state index in [0.29, 0.717) is 18.1 Å². The summed E-state index contributed by atoms with van der Waals surface area (Å²) < 4.78 is 0. The molecule has 2 aromatic carbocycles. The van der Waals surface area contributed by atoms with E-state index in [1.54, 1.807) is 19.2 Å². The van der Waals surface area contributed by atoms with Crippen LogP contribution in [0.1, 0.15) is 15.9 Å². The number of carbonyl (C=O) groups is 1. The Hall–Kier alpha value is -2.82. The van der Waals surface area contributed by atoms with Gasteiger partial charge in [0, 0.05) is 18.3 Å². The van der Waals surface area contributed by atoms with Crippen LogP contribution in [0.15, 0.2) is 59.6 Å². The average molecular weight is 282 g/mol. The Kier molecular flexibility index (Phi) is 4.93. The zero-order valence-corrected chi connectivity index (χ0v) is 11.8. The van der Waals surface area contributed by atoms with E-state index in [1.807, 2.05) is 42.5 Å². The quantitative estimate of drug-likeness (QED) is 0.592. The SMILES string of the molecule is CNC(=O)c1ccc(CN=C(N)Nc2ccccc2)cc1. The zero-order chi connectivity index (χ0) is 15.1. The standard InChI is InChI=1S/C16H18N4O/c1-18-15(21)13-9-7-12(8-10-13)11-19-16(17)20-14-5-3-2-4-6-14/h2-10H,11H2,1H3,(H,18,21)(H3,17,19,20). The fraction of sp³-hybridized carbons (Fsp3) is 0.125. The van der Waals surface area contributed by atoms with Crippen molar-refractivity contribution in [3.63, 3.8) is 0 Å². The number of benzene rings is 2. The summed E-state index contributed by atoms with van der Waals surface area (Å²) >= 11 is 0. The van der Waals surface area contributed by atoms with Crippen LogP contribution in [-0.2, 0) is 6.54 Å². The van der Waals surface area contributed by atoms with Crippen LogP contribution in [0.5, 0.6) is 0 Å². The predicted molar refractivity (Wildman–Crippen MR) is 85.2 cm³/mol. The first-order valence-corrected chi connectivity index (χ1v) is 6.62. The smallest absolute Gasteiger partial charge is 0.251 e. The molecule has 0 spiro atoms. The molecule has 5 nitrogen and oxygen atoms in total. The van der Waals surface area contributed by atoms with Gasteiger partial charge < -0.3 is 16.4 Å². The average Bonchev–Trinajstić information content (AvgIpc) is 2.53. The number of hydrogen-bond donors (Lipinski definition) is 3. The van der Waals surface area contributed by atoms with Crippen molar-refractivity contribution in [2.45, 2.75) is 6.54 Å². The number of para-hydroxylation sites is 1. The van der Waals surface area contributed by atoms with Crippen molar-refractivity contribution in [2.75, 3.05) is 12.4 Å². The van der Waals surface area contributed by atoms with Crippen LogP contribution in [-0.4, -0.2) is 18.9 Å². The first-order chi connectivity index (χ1) is 10.2. The predicted octanol–water partition coefficient (Wildman–Crippen LogP) is 1.97. The third-order valence-electron chi connectivity index (χ3n) is 2.92. The monoisotopic (exact) mass is 282 g/mol. The minimum Gasteiger partial charge on any atom is -0.370 e. The molecule has 0 saturated carbocycles. The van der Waals surface area contributed by atoms with Crippen molar-refractivity contribution < 1.29 is 4.79 Å². The number of carbonyl (C=O) groups excluding carboxylic acids is 1. The van der Waals surface area contributed by atoms with Gasteiger partial charge in [-0.2, -0.15) is 0 Å². The van der Waals surface area contributed by atoms with Gasteiger partial charge >= 0.3 is 0 Å². The second-order valence-corrected chi connectivity index (χ2v) is 4.47. The summed E-state index contributed by atoms with van der Waals surface area (Å²) in [7, 11) is 1.61. The molecule has 0 saturated heterocycles. The molecule has 5 heteroatoms. The highest BCUT2D eigenvalue weighted by Crippen LogP contribution is 2.07. The summed E-state index contributed by atoms with van der Waals surface area (Å²) in [4.78, 5) is 15.7. The highest BCUT2D eigenvalue weighted by Gasteiger charge is 2.02. The molecule has 0 aliphatic carbocycles. The molecular formula is C16H18N4O. The van der Waals surface area contributed by atoms with E-state index < -0.39 is 0 Å². The fourth-order valence-electron chi connectivity index (χ4n) is 1.79. The van der Waals surface area contributed by atoms with Crippen molar-refractivity contribution in [3.05, 3.63) is 65.7 Å². The van der Waals surface area contributed by atoms with Crippen LogP contribution in [0, 0.1) is 0 Å². The summed E-state index contributed by atoms with van der Waals surface area (Å²) in [6.45, 7) is 0.458. The molecular weight excluding hydrogens is 264 g/mol. The van der Waals surface area contributed by atoms with Crippen LogP contribution >= 0.6 is 0 Å². The Labute approximate surface area is 123 Å². The number of anilines is 1. The van der Waals surface area contributed by atoms with Gasteiger partial charge in [0.05, 0.1) is 6.54 Å². The number of nitrogens with one attached hydrogen (secondary N) is 2. The highest BCUT2D eigenvalue weighted by molar-refractivity contribution is 5.94. The third-order valence-corrected chi connectivity index (χ3v) is 2.92. The van der Waals surface area contributed by atoms with Crippen molar-refractivity contribution >= 4 is 17.6 Å². The number of hydrogen-bond acceptors (Lipinski definition) is 2. The summed E-state index contributed by atoms with van der Waals surface area (Å²) in [6, 6.07) is 16.9. The summed E-state index contributed by atoms with van der Waals surface area (Å²) in [5.74, 6) is 0.256. The van der Waals surface area contributed by atoms with E-state index in [0.717, 1.165) is 11.3 Å². The Morgan fingerprint density at radius 1 is 1.10 bits per heavy atom. The normalized spacial score (nSPS) is 11.0. The molecule has 108 valence electrons. The third kappa shape index (κ3) is 4.35. The number of aliphatic imine (C=N–C) groups is 1. The summed E-state index contributed by atoms with van der Waals surface area (Å²) in [6.07, 6.45) is 0. The number of guanidine groups is 1. The number of nitrogens with zero attached hydrogens (tertiary/aromatic N) is 1. The van der Waals surface area contributed by atoms with E-state index in [1.165, 1.54) is 0 Å². The number of nitrogens with two attached hydrogens (primary N) is 1. The van der Waals surface area contributed by atoms with E-state index in [-0.39, 0.29) is 5.91 Å². The van der Waals surface area contributed by atoms with Crippen LogP contribution in [0.25, 0.3) is 0 Å². The molecule has 0 heterocycles. The lowest BCUT2D eigenvalue weighted by Crippen LogP contribution is -2.22. The lowest BCUT2D eigenvalue weighted by Gasteiger charge is -2.05. The maximum absolute atomic E-state index is 11.4. The highest BCUT2D eigenvalue weighted by atomic mass is 16.1. The molecule has 0 aliphatic heterocycles. The maximum atomic E-state index is 11.4. The largest absolute Gasteiger partial charge is 0.370 e. The lowest BCUT2D eigenvalue weighted by molar-refractivity contribution is 0.0963. The van der Waals surface area contributed by atoms with Gasteiger partial charge in [-0.1, -0.05) is 30.3 Å². The minimum absolute atomic E-state index is 0.102. The van der Waals surface area contributed by atoms with Gasteiger partial charge in [0.25, 0.3) is 5.91 Å². The Morgan fingerprint density at radius 2 is 1.76 bits per heavy atom. The molecule has 0 aliphatic rings. The van der Waals surface area contributed by atoms with Crippen LogP contribution in [0.3, 0.4) is 0 Å². The maximum Gasteiger partial charge on any atom is 0.251 e. The van der Waals surface area contributed by atoms with Crippen LogP contribution in [0.2, 0.25) is 0 Å². The summed E-state index contributed by atoms with van der Waals surface area (Å²) in [5, 5.41) is 5.60. The zero-order valence-electron chi connectivity index (χ0n) is 11.8. The van der Waals surface area contributed by atoms with E-state index in [9.17, 15) is 4.79 Å². The van der Waals surface area contributed by atoms with Gasteiger partial charge in [-0.05, 0) is 29.8 Å². The first kappa shape index (κ1) is 14.6. The molecule has 2 rings (SSSR count). The van der Waals surface area contributed by atoms with Gasteiger partial charge in [0.15, 0.2) is 5.96 Å². The Balaban J connectivity index is 1.95. The van der Waals surface area contributed by atoms with Crippen molar-refractivity contribution in [3.8, 4) is 0 Å². The molecule has 21 heavy (non-hydrogen) atoms. The van der Waals surface area contributed by atoms with Gasteiger partial charge in [0.1, 0.15) is 0 Å². The molecule has 0 radical (unpaired) electrons. The second-order valence-electron chi connectivity index (χ2n) is 4.47. The summed E-state index contributed by atoms with van der Waals surface area (Å²) in [5.41, 5.74) is 8.34. The molecule has 0 fully saturated rings. The van der Waals surface area contributed by atoms with Crippen LogP contribution in [0.4, 0.5) is 5.69 Å². The molecule has 0 aromatic heterocycles. The van der Waals surface area contributed by atoms with Gasteiger partial charge in [-0.25, -0.2) is 4.99 Å². The topological polar surface area (TPSA) is 79.5 Å². The molecule has 0 atom stereocenters. The van der Waals surface area contributed by atoms with Crippen molar-refractivity contribution in [1.82, 2.24) is 5.32 Å². The van der Waals surface area contributed by atoms with Gasteiger partial charge in [0.2, 0.25) is 0 Å². The lowest BCUT2D eigenvalue weighted by atomic mass is 10.1. The van der Waals surface area contributed by atoms with E-state index in [4.69, 9.17) is 5.73 Å². The van der Waals surface area contributed by atoms with E-state index >= 15 is 0 Å². The number of amides is 1. The van der Waals surface area contributed by atoms with Crippen molar-refractivity contribution in [2.24, 2.45) is 10.7 Å². The molecule has 4 N–H and O–H groups in total. The van der Waals surface area contributed by atoms with Gasteiger partial charge in [-0.3, -0.25) is 4.79 Å².